The van der Waals surface area contributed by atoms with Gasteiger partial charge in [-0.3, -0.25) is 14.5 Å². The molecule has 1 atom stereocenters. The van der Waals surface area contributed by atoms with Crippen molar-refractivity contribution in [1.29, 1.82) is 0 Å². The van der Waals surface area contributed by atoms with Crippen molar-refractivity contribution < 1.29 is 14.4 Å². The number of hydrogen-bond acceptors (Lipinski definition) is 4. The van der Waals surface area contributed by atoms with E-state index in [4.69, 9.17) is 0 Å². The summed E-state index contributed by atoms with van der Waals surface area (Å²) in [6.07, 6.45) is 1.64. The Balaban J connectivity index is 1.47. The van der Waals surface area contributed by atoms with Crippen LogP contribution in [-0.2, 0) is 9.59 Å². The zero-order valence-corrected chi connectivity index (χ0v) is 18.8. The van der Waals surface area contributed by atoms with E-state index in [1.165, 1.54) is 0 Å². The lowest BCUT2D eigenvalue weighted by molar-refractivity contribution is -0.139. The maximum absolute atomic E-state index is 13.1. The highest BCUT2D eigenvalue weighted by Crippen LogP contribution is 2.21. The zero-order valence-electron chi connectivity index (χ0n) is 18.8. The number of para-hydroxylation sites is 1. The van der Waals surface area contributed by atoms with Crippen molar-refractivity contribution in [2.75, 3.05) is 64.2 Å². The molecule has 2 heterocycles. The molecule has 1 aromatic carbocycles. The molecule has 1 aromatic rings. The van der Waals surface area contributed by atoms with Gasteiger partial charge < -0.3 is 20.0 Å². The maximum Gasteiger partial charge on any atom is 0.321 e. The summed E-state index contributed by atoms with van der Waals surface area (Å²) in [5, 5.41) is 2.91. The van der Waals surface area contributed by atoms with E-state index in [0.29, 0.717) is 45.8 Å². The summed E-state index contributed by atoms with van der Waals surface area (Å²) >= 11 is 0. The normalized spacial score (nSPS) is 19.7. The van der Waals surface area contributed by atoms with Crippen LogP contribution < -0.4 is 5.32 Å². The highest BCUT2D eigenvalue weighted by molar-refractivity contribution is 5.90. The second kappa shape index (κ2) is 11.1. The molecule has 2 aliphatic heterocycles. The van der Waals surface area contributed by atoms with Crippen molar-refractivity contribution in [2.24, 2.45) is 5.92 Å². The van der Waals surface area contributed by atoms with Gasteiger partial charge in [0.1, 0.15) is 0 Å². The third kappa shape index (κ3) is 6.19. The number of likely N-dealkylation sites (tertiary alicyclic amines) is 1. The predicted octanol–water partition coefficient (Wildman–Crippen LogP) is 1.94. The highest BCUT2D eigenvalue weighted by Gasteiger charge is 2.33. The summed E-state index contributed by atoms with van der Waals surface area (Å²) in [6.45, 7) is 9.68. The summed E-state index contributed by atoms with van der Waals surface area (Å²) in [4.78, 5) is 45.6. The van der Waals surface area contributed by atoms with Crippen LogP contribution in [0, 0.1) is 5.92 Å². The molecular formula is C23H35N5O3. The van der Waals surface area contributed by atoms with Gasteiger partial charge in [0.25, 0.3) is 0 Å². The maximum atomic E-state index is 13.1. The molecule has 8 nitrogen and oxygen atoms in total. The molecule has 3 rings (SSSR count). The Morgan fingerprint density at radius 1 is 0.968 bits per heavy atom. The molecule has 1 N–H and O–H groups in total. The molecule has 31 heavy (non-hydrogen) atoms. The van der Waals surface area contributed by atoms with Crippen molar-refractivity contribution in [3.8, 4) is 0 Å². The minimum atomic E-state index is -0.154. The van der Waals surface area contributed by atoms with Gasteiger partial charge in [-0.15, -0.1) is 0 Å². The van der Waals surface area contributed by atoms with Crippen LogP contribution in [0.4, 0.5) is 10.5 Å². The number of benzene rings is 1. The minimum absolute atomic E-state index is 0.131. The number of nitrogens with zero attached hydrogens (tertiary/aromatic N) is 4. The van der Waals surface area contributed by atoms with Crippen LogP contribution in [0.15, 0.2) is 30.3 Å². The molecule has 170 valence electrons. The first kappa shape index (κ1) is 23.1. The van der Waals surface area contributed by atoms with Gasteiger partial charge in [-0.25, -0.2) is 4.79 Å². The largest absolute Gasteiger partial charge is 0.342 e. The van der Waals surface area contributed by atoms with Crippen molar-refractivity contribution in [1.82, 2.24) is 19.6 Å². The number of carbonyl (C=O) groups is 3. The molecule has 0 aliphatic carbocycles. The smallest absolute Gasteiger partial charge is 0.321 e. The van der Waals surface area contributed by atoms with E-state index < -0.39 is 0 Å². The Kier molecular flexibility index (Phi) is 8.28. The van der Waals surface area contributed by atoms with Gasteiger partial charge in [0, 0.05) is 58.0 Å². The number of rotatable bonds is 6. The Labute approximate surface area is 185 Å². The number of likely N-dealkylation sites (N-methyl/N-ethyl adjacent to an activating group) is 1. The number of piperazine rings is 1. The topological polar surface area (TPSA) is 76.2 Å². The fourth-order valence-electron chi connectivity index (χ4n) is 4.34. The third-order valence-electron chi connectivity index (χ3n) is 6.24. The van der Waals surface area contributed by atoms with Crippen LogP contribution in [0.1, 0.15) is 26.7 Å². The lowest BCUT2D eigenvalue weighted by atomic mass is 9.96. The fraction of sp³-hybridized carbons (Fsp3) is 0.609. The molecule has 1 unspecified atom stereocenters. The standard InChI is InChI=1S/C23H35N5O3/c1-3-26(4-2)21(29)18-25-13-15-27(16-14-25)22(30)19-9-8-12-28(17-19)23(31)24-20-10-6-5-7-11-20/h5-7,10-11,19H,3-4,8-9,12-18H2,1-2H3,(H,24,31). The molecule has 2 aliphatic rings. The van der Waals surface area contributed by atoms with Gasteiger partial charge in [-0.2, -0.15) is 0 Å². The summed E-state index contributed by atoms with van der Waals surface area (Å²) in [7, 11) is 0. The number of nitrogens with one attached hydrogen (secondary N) is 1. The van der Waals surface area contributed by atoms with E-state index in [0.717, 1.165) is 31.6 Å². The van der Waals surface area contributed by atoms with Gasteiger partial charge in [0.05, 0.1) is 12.5 Å². The first-order chi connectivity index (χ1) is 15.0. The highest BCUT2D eigenvalue weighted by atomic mass is 16.2. The van der Waals surface area contributed by atoms with Crippen molar-refractivity contribution in [3.63, 3.8) is 0 Å². The van der Waals surface area contributed by atoms with Crippen LogP contribution in [0.25, 0.3) is 0 Å². The van der Waals surface area contributed by atoms with E-state index >= 15 is 0 Å². The lowest BCUT2D eigenvalue weighted by Gasteiger charge is -2.39. The molecule has 0 saturated carbocycles. The first-order valence-corrected chi connectivity index (χ1v) is 11.4. The fourth-order valence-corrected chi connectivity index (χ4v) is 4.34. The summed E-state index contributed by atoms with van der Waals surface area (Å²) in [6, 6.07) is 9.23. The Morgan fingerprint density at radius 2 is 1.65 bits per heavy atom. The number of amides is 4. The van der Waals surface area contributed by atoms with E-state index in [1.54, 1.807) is 4.90 Å². The van der Waals surface area contributed by atoms with Crippen molar-refractivity contribution in [3.05, 3.63) is 30.3 Å². The second-order valence-corrected chi connectivity index (χ2v) is 8.25. The number of piperidine rings is 1. The predicted molar refractivity (Wildman–Crippen MR) is 121 cm³/mol. The van der Waals surface area contributed by atoms with E-state index in [9.17, 15) is 14.4 Å². The Morgan fingerprint density at radius 3 is 2.29 bits per heavy atom. The number of urea groups is 1. The Bertz CT molecular complexity index is 745. The van der Waals surface area contributed by atoms with E-state index in [-0.39, 0.29) is 23.8 Å². The SMILES string of the molecule is CCN(CC)C(=O)CN1CCN(C(=O)C2CCCN(C(=O)Nc3ccccc3)C2)CC1. The van der Waals surface area contributed by atoms with E-state index in [2.05, 4.69) is 10.2 Å². The molecule has 0 spiro atoms. The summed E-state index contributed by atoms with van der Waals surface area (Å²) < 4.78 is 0. The monoisotopic (exact) mass is 429 g/mol. The second-order valence-electron chi connectivity index (χ2n) is 8.25. The average molecular weight is 430 g/mol. The number of carbonyl (C=O) groups excluding carboxylic acids is 3. The molecule has 2 fully saturated rings. The van der Waals surface area contributed by atoms with Gasteiger partial charge in [0.2, 0.25) is 11.8 Å². The quantitative estimate of drug-likeness (QED) is 0.750. The number of anilines is 1. The van der Waals surface area contributed by atoms with E-state index in [1.807, 2.05) is 54.0 Å². The van der Waals surface area contributed by atoms with Gasteiger partial charge in [-0.1, -0.05) is 18.2 Å². The third-order valence-corrected chi connectivity index (χ3v) is 6.24. The van der Waals surface area contributed by atoms with Gasteiger partial charge >= 0.3 is 6.03 Å². The average Bonchev–Trinajstić information content (AvgIpc) is 2.80. The summed E-state index contributed by atoms with van der Waals surface area (Å²) in [5.74, 6) is 0.128. The van der Waals surface area contributed by atoms with Crippen molar-refractivity contribution >= 4 is 23.5 Å². The van der Waals surface area contributed by atoms with Crippen LogP contribution >= 0.6 is 0 Å². The molecule has 0 radical (unpaired) electrons. The Hall–Kier alpha value is -2.61. The van der Waals surface area contributed by atoms with Gasteiger partial charge in [0.15, 0.2) is 0 Å². The molecule has 4 amide bonds. The van der Waals surface area contributed by atoms with Crippen LogP contribution in [0.5, 0.6) is 0 Å². The minimum Gasteiger partial charge on any atom is -0.342 e. The molecule has 0 bridgehead atoms. The number of hydrogen-bond donors (Lipinski definition) is 1. The van der Waals surface area contributed by atoms with Crippen molar-refractivity contribution in [2.45, 2.75) is 26.7 Å². The van der Waals surface area contributed by atoms with Crippen LogP contribution in [-0.4, -0.2) is 96.3 Å². The molecular weight excluding hydrogens is 394 g/mol. The van der Waals surface area contributed by atoms with Crippen LogP contribution in [0.3, 0.4) is 0 Å². The summed E-state index contributed by atoms with van der Waals surface area (Å²) in [5.41, 5.74) is 0.760. The molecule has 2 saturated heterocycles. The molecule has 0 aromatic heterocycles. The zero-order chi connectivity index (χ0) is 22.2. The molecule has 8 heteroatoms. The van der Waals surface area contributed by atoms with Gasteiger partial charge in [-0.05, 0) is 38.8 Å². The van der Waals surface area contributed by atoms with Crippen LogP contribution in [0.2, 0.25) is 0 Å². The lowest BCUT2D eigenvalue weighted by Crippen LogP contribution is -2.54. The first-order valence-electron chi connectivity index (χ1n) is 11.4.